The van der Waals surface area contributed by atoms with Gasteiger partial charge in [-0.25, -0.2) is 4.79 Å². The molecule has 7 heteroatoms. The van der Waals surface area contributed by atoms with E-state index in [9.17, 15) is 14.4 Å². The van der Waals surface area contributed by atoms with Gasteiger partial charge in [-0.1, -0.05) is 60.7 Å². The summed E-state index contributed by atoms with van der Waals surface area (Å²) in [5.41, 5.74) is 1.66. The summed E-state index contributed by atoms with van der Waals surface area (Å²) in [5.74, 6) is -0.600. The van der Waals surface area contributed by atoms with E-state index in [1.54, 1.807) is 9.80 Å². The average molecular weight is 407 g/mol. The molecule has 2 saturated heterocycles. The second-order valence-corrected chi connectivity index (χ2v) is 7.65. The number of urea groups is 1. The fourth-order valence-corrected chi connectivity index (χ4v) is 3.96. The molecule has 7 nitrogen and oxygen atoms in total. The molecule has 30 heavy (non-hydrogen) atoms. The summed E-state index contributed by atoms with van der Waals surface area (Å²) in [6, 6.07) is 17.6. The average Bonchev–Trinajstić information content (AvgIpc) is 2.99. The Kier molecular flexibility index (Phi) is 5.81. The van der Waals surface area contributed by atoms with Crippen LogP contribution in [0.1, 0.15) is 24.1 Å². The quantitative estimate of drug-likeness (QED) is 0.714. The van der Waals surface area contributed by atoms with Gasteiger partial charge in [-0.05, 0) is 18.1 Å². The van der Waals surface area contributed by atoms with E-state index in [1.807, 2.05) is 67.6 Å². The smallest absolute Gasteiger partial charge is 0.328 e. The first kappa shape index (κ1) is 20.1. The third-order valence-electron chi connectivity index (χ3n) is 5.49. The third kappa shape index (κ3) is 4.07. The number of morpholine rings is 1. The Labute approximate surface area is 175 Å². The van der Waals surface area contributed by atoms with E-state index in [4.69, 9.17) is 4.74 Å². The second-order valence-electron chi connectivity index (χ2n) is 7.65. The molecule has 2 aliphatic heterocycles. The number of carbonyl (C=O) groups excluding carboxylic acids is 3. The summed E-state index contributed by atoms with van der Waals surface area (Å²) in [4.78, 5) is 43.6. The maximum absolute atomic E-state index is 13.3. The lowest BCUT2D eigenvalue weighted by Crippen LogP contribution is -2.49. The van der Waals surface area contributed by atoms with Crippen LogP contribution in [0.25, 0.3) is 0 Å². The van der Waals surface area contributed by atoms with Crippen molar-refractivity contribution in [3.8, 4) is 0 Å². The molecule has 2 aromatic carbocycles. The summed E-state index contributed by atoms with van der Waals surface area (Å²) in [7, 11) is 0. The second kappa shape index (κ2) is 8.67. The molecule has 0 N–H and O–H groups in total. The molecular weight excluding hydrogens is 382 g/mol. The van der Waals surface area contributed by atoms with Gasteiger partial charge >= 0.3 is 6.03 Å². The van der Waals surface area contributed by atoms with E-state index in [0.29, 0.717) is 26.2 Å². The summed E-state index contributed by atoms with van der Waals surface area (Å²) in [6.45, 7) is 3.34. The van der Waals surface area contributed by atoms with Gasteiger partial charge in [0, 0.05) is 19.6 Å². The number of benzene rings is 2. The van der Waals surface area contributed by atoms with E-state index < -0.39 is 12.1 Å². The highest BCUT2D eigenvalue weighted by molar-refractivity contribution is 6.06. The van der Waals surface area contributed by atoms with Gasteiger partial charge in [-0.2, -0.15) is 0 Å². The molecule has 4 amide bonds. The highest BCUT2D eigenvalue weighted by Gasteiger charge is 2.46. The summed E-state index contributed by atoms with van der Waals surface area (Å²) in [5, 5.41) is 0. The topological polar surface area (TPSA) is 70.2 Å². The summed E-state index contributed by atoms with van der Waals surface area (Å²) >= 11 is 0. The van der Waals surface area contributed by atoms with Crippen molar-refractivity contribution in [1.82, 2.24) is 14.7 Å². The van der Waals surface area contributed by atoms with Crippen molar-refractivity contribution < 1.29 is 19.1 Å². The highest BCUT2D eigenvalue weighted by Crippen LogP contribution is 2.32. The van der Waals surface area contributed by atoms with Crippen molar-refractivity contribution in [1.29, 1.82) is 0 Å². The minimum atomic E-state index is -0.740. The van der Waals surface area contributed by atoms with Gasteiger partial charge in [-0.3, -0.25) is 14.5 Å². The maximum atomic E-state index is 13.3. The van der Waals surface area contributed by atoms with Crippen LogP contribution in [-0.2, 0) is 20.9 Å². The maximum Gasteiger partial charge on any atom is 0.328 e. The predicted octanol–water partition coefficient (Wildman–Crippen LogP) is 2.44. The van der Waals surface area contributed by atoms with E-state index in [2.05, 4.69) is 0 Å². The molecule has 0 aliphatic carbocycles. The SMILES string of the molecule is C[C@H]1CN(C(=O)CN2C(=O)[C@H](c3ccccc3)N(Cc3ccccc3)C2=O)CCO1. The van der Waals surface area contributed by atoms with Crippen LogP contribution in [-0.4, -0.2) is 64.9 Å². The lowest BCUT2D eigenvalue weighted by molar-refractivity contribution is -0.142. The van der Waals surface area contributed by atoms with Crippen LogP contribution in [0, 0.1) is 0 Å². The normalized spacial score (nSPS) is 22.0. The molecule has 4 rings (SSSR count). The lowest BCUT2D eigenvalue weighted by Gasteiger charge is -2.32. The largest absolute Gasteiger partial charge is 0.375 e. The van der Waals surface area contributed by atoms with Crippen LogP contribution in [0.15, 0.2) is 60.7 Å². The van der Waals surface area contributed by atoms with Gasteiger partial charge < -0.3 is 14.5 Å². The zero-order valence-electron chi connectivity index (χ0n) is 16.9. The first-order valence-electron chi connectivity index (χ1n) is 10.1. The number of ether oxygens (including phenoxy) is 1. The molecule has 2 aromatic rings. The molecule has 0 saturated carbocycles. The van der Waals surface area contributed by atoms with Crippen molar-refractivity contribution in [3.63, 3.8) is 0 Å². The molecule has 0 spiro atoms. The Bertz CT molecular complexity index is 919. The van der Waals surface area contributed by atoms with E-state index >= 15 is 0 Å². The molecule has 0 radical (unpaired) electrons. The fourth-order valence-electron chi connectivity index (χ4n) is 3.96. The summed E-state index contributed by atoms with van der Waals surface area (Å²) < 4.78 is 5.48. The van der Waals surface area contributed by atoms with Gasteiger partial charge in [0.2, 0.25) is 5.91 Å². The number of rotatable bonds is 5. The van der Waals surface area contributed by atoms with E-state index in [-0.39, 0.29) is 24.5 Å². The number of carbonyl (C=O) groups is 3. The zero-order chi connectivity index (χ0) is 21.1. The zero-order valence-corrected chi connectivity index (χ0v) is 16.9. The number of nitrogens with zero attached hydrogens (tertiary/aromatic N) is 3. The molecule has 2 atom stereocenters. The third-order valence-corrected chi connectivity index (χ3v) is 5.49. The Hall–Kier alpha value is -3.19. The van der Waals surface area contributed by atoms with Gasteiger partial charge in [-0.15, -0.1) is 0 Å². The number of amides is 4. The number of hydrogen-bond acceptors (Lipinski definition) is 4. The van der Waals surface area contributed by atoms with Gasteiger partial charge in [0.05, 0.1) is 12.7 Å². The van der Waals surface area contributed by atoms with Crippen molar-refractivity contribution >= 4 is 17.8 Å². The van der Waals surface area contributed by atoms with E-state index in [0.717, 1.165) is 16.0 Å². The minimum absolute atomic E-state index is 0.0562. The minimum Gasteiger partial charge on any atom is -0.375 e. The van der Waals surface area contributed by atoms with Crippen LogP contribution >= 0.6 is 0 Å². The predicted molar refractivity (Wildman–Crippen MR) is 110 cm³/mol. The van der Waals surface area contributed by atoms with Gasteiger partial charge in [0.25, 0.3) is 5.91 Å². The molecule has 0 unspecified atom stereocenters. The summed E-state index contributed by atoms with van der Waals surface area (Å²) in [6.07, 6.45) is -0.0562. The highest BCUT2D eigenvalue weighted by atomic mass is 16.5. The van der Waals surface area contributed by atoms with Crippen molar-refractivity contribution in [2.75, 3.05) is 26.2 Å². The van der Waals surface area contributed by atoms with Crippen LogP contribution in [0.2, 0.25) is 0 Å². The van der Waals surface area contributed by atoms with Crippen molar-refractivity contribution in [2.45, 2.75) is 25.6 Å². The van der Waals surface area contributed by atoms with Gasteiger partial charge in [0.15, 0.2) is 0 Å². The monoisotopic (exact) mass is 407 g/mol. The lowest BCUT2D eigenvalue weighted by atomic mass is 10.1. The van der Waals surface area contributed by atoms with Crippen LogP contribution in [0.5, 0.6) is 0 Å². The Morgan fingerprint density at radius 3 is 2.37 bits per heavy atom. The molecular formula is C23H25N3O4. The van der Waals surface area contributed by atoms with Crippen LogP contribution < -0.4 is 0 Å². The molecule has 2 heterocycles. The first-order chi connectivity index (χ1) is 14.5. The fraction of sp³-hybridized carbons (Fsp3) is 0.348. The molecule has 2 fully saturated rings. The van der Waals surface area contributed by atoms with Crippen LogP contribution in [0.3, 0.4) is 0 Å². The number of imide groups is 1. The van der Waals surface area contributed by atoms with Crippen LogP contribution in [0.4, 0.5) is 4.79 Å². The van der Waals surface area contributed by atoms with Gasteiger partial charge in [0.1, 0.15) is 12.6 Å². The molecule has 2 aliphatic rings. The van der Waals surface area contributed by atoms with E-state index in [1.165, 1.54) is 0 Å². The molecule has 156 valence electrons. The standard InChI is InChI=1S/C23H25N3O4/c1-17-14-24(12-13-30-17)20(27)16-26-22(28)21(19-10-6-3-7-11-19)25(23(26)29)15-18-8-4-2-5-9-18/h2-11,17,21H,12-16H2,1H3/t17-,21-/m0/s1. The molecule has 0 bridgehead atoms. The molecule has 0 aromatic heterocycles. The Morgan fingerprint density at radius 1 is 1.03 bits per heavy atom. The number of hydrogen-bond donors (Lipinski definition) is 0. The van der Waals surface area contributed by atoms with Crippen molar-refractivity contribution in [3.05, 3.63) is 71.8 Å². The first-order valence-corrected chi connectivity index (χ1v) is 10.1. The van der Waals surface area contributed by atoms with Crippen molar-refractivity contribution in [2.24, 2.45) is 0 Å². The Balaban J connectivity index is 1.58. The Morgan fingerprint density at radius 2 is 1.70 bits per heavy atom.